The Morgan fingerprint density at radius 1 is 1.35 bits per heavy atom. The van der Waals surface area contributed by atoms with E-state index < -0.39 is 0 Å². The number of likely N-dealkylation sites (tertiary alicyclic amines) is 1. The first-order chi connectivity index (χ1) is 12.7. The SMILES string of the molecule is C=C1SC(CNC[C@@H]2CCCN2CC2CC3CC(C2)N3)=CC1C/C=C\C. The van der Waals surface area contributed by atoms with Crippen molar-refractivity contribution in [1.82, 2.24) is 15.5 Å². The van der Waals surface area contributed by atoms with Crippen molar-refractivity contribution in [3.05, 3.63) is 34.6 Å². The second-order valence-corrected chi connectivity index (χ2v) is 9.92. The van der Waals surface area contributed by atoms with E-state index in [0.29, 0.717) is 5.92 Å². The highest BCUT2D eigenvalue weighted by Crippen LogP contribution is 2.40. The van der Waals surface area contributed by atoms with Gasteiger partial charge in [-0.15, -0.1) is 0 Å². The van der Waals surface area contributed by atoms with Gasteiger partial charge in [0.05, 0.1) is 0 Å². The minimum atomic E-state index is 0.530. The smallest absolute Gasteiger partial charge is 0.0266 e. The van der Waals surface area contributed by atoms with E-state index in [9.17, 15) is 0 Å². The van der Waals surface area contributed by atoms with Crippen molar-refractivity contribution in [2.24, 2.45) is 11.8 Å². The zero-order chi connectivity index (χ0) is 17.9. The third kappa shape index (κ3) is 4.46. The van der Waals surface area contributed by atoms with Crippen LogP contribution >= 0.6 is 11.8 Å². The first kappa shape index (κ1) is 18.8. The standard InChI is InChI=1S/C22H35N3S/c1-3-4-6-18-11-22(26-16(18)2)14-23-13-21-7-5-8-25(21)15-17-9-19-12-20(10-17)24-19/h3-4,11,17-21,23-24H,2,5-10,12-15H2,1H3/b4-3-/t17?,18?,19?,20?,21-/m0/s1. The molecule has 4 atom stereocenters. The van der Waals surface area contributed by atoms with Crippen LogP contribution in [0.25, 0.3) is 0 Å². The summed E-state index contributed by atoms with van der Waals surface area (Å²) in [5.41, 5.74) is 0. The third-order valence-electron chi connectivity index (χ3n) is 6.64. The van der Waals surface area contributed by atoms with Gasteiger partial charge >= 0.3 is 0 Å². The molecule has 2 N–H and O–H groups in total. The van der Waals surface area contributed by atoms with E-state index in [0.717, 1.165) is 43.6 Å². The molecule has 0 radical (unpaired) electrons. The van der Waals surface area contributed by atoms with Crippen LogP contribution in [0, 0.1) is 11.8 Å². The van der Waals surface area contributed by atoms with E-state index in [4.69, 9.17) is 0 Å². The Morgan fingerprint density at radius 2 is 2.15 bits per heavy atom. The summed E-state index contributed by atoms with van der Waals surface area (Å²) in [5.74, 6) is 1.46. The molecule has 0 aromatic carbocycles. The van der Waals surface area contributed by atoms with Crippen molar-refractivity contribution in [1.29, 1.82) is 0 Å². The molecule has 1 aliphatic carbocycles. The number of thioether (sulfide) groups is 1. The normalized spacial score (nSPS) is 37.3. The van der Waals surface area contributed by atoms with Crippen molar-refractivity contribution < 1.29 is 0 Å². The molecule has 4 heteroatoms. The largest absolute Gasteiger partial charge is 0.311 e. The fraction of sp³-hybridized carbons (Fsp3) is 0.727. The molecule has 26 heavy (non-hydrogen) atoms. The fourth-order valence-electron chi connectivity index (χ4n) is 5.26. The predicted octanol–water partition coefficient (Wildman–Crippen LogP) is 3.91. The summed E-state index contributed by atoms with van der Waals surface area (Å²) >= 11 is 1.89. The Morgan fingerprint density at radius 3 is 2.92 bits per heavy atom. The average molecular weight is 374 g/mol. The third-order valence-corrected chi connectivity index (χ3v) is 7.74. The van der Waals surface area contributed by atoms with Gasteiger partial charge in [0.15, 0.2) is 0 Å². The molecule has 0 aromatic rings. The summed E-state index contributed by atoms with van der Waals surface area (Å²) in [7, 11) is 0. The summed E-state index contributed by atoms with van der Waals surface area (Å²) in [6.45, 7) is 11.1. The molecule has 0 spiro atoms. The summed E-state index contributed by atoms with van der Waals surface area (Å²) in [5, 5.41) is 7.43. The van der Waals surface area contributed by atoms with Crippen LogP contribution in [0.3, 0.4) is 0 Å². The van der Waals surface area contributed by atoms with Crippen LogP contribution in [-0.2, 0) is 0 Å². The Hall–Kier alpha value is -0.550. The topological polar surface area (TPSA) is 27.3 Å². The van der Waals surface area contributed by atoms with E-state index in [1.807, 2.05) is 11.8 Å². The molecule has 3 saturated heterocycles. The lowest BCUT2D eigenvalue weighted by atomic mass is 9.75. The molecule has 5 rings (SSSR count). The quantitative estimate of drug-likeness (QED) is 0.631. The van der Waals surface area contributed by atoms with Crippen LogP contribution in [0.4, 0.5) is 0 Å². The van der Waals surface area contributed by atoms with Crippen LogP contribution in [0.15, 0.2) is 34.6 Å². The van der Waals surface area contributed by atoms with Crippen LogP contribution in [0.2, 0.25) is 0 Å². The molecule has 0 amide bonds. The molecule has 3 unspecified atom stereocenters. The first-order valence-electron chi connectivity index (χ1n) is 10.6. The first-order valence-corrected chi connectivity index (χ1v) is 11.4. The van der Waals surface area contributed by atoms with E-state index in [1.165, 1.54) is 55.0 Å². The van der Waals surface area contributed by atoms with Gasteiger partial charge in [0.25, 0.3) is 0 Å². The summed E-state index contributed by atoms with van der Waals surface area (Å²) in [6.07, 6.45) is 14.9. The van der Waals surface area contributed by atoms with Crippen LogP contribution in [0.1, 0.15) is 45.4 Å². The van der Waals surface area contributed by atoms with Crippen molar-refractivity contribution in [3.63, 3.8) is 0 Å². The molecule has 144 valence electrons. The molecule has 2 bridgehead atoms. The molecule has 4 heterocycles. The number of fused-ring (bicyclic) bond motifs is 2. The van der Waals surface area contributed by atoms with Crippen molar-refractivity contribution in [3.8, 4) is 0 Å². The highest BCUT2D eigenvalue weighted by molar-refractivity contribution is 8.07. The Labute approximate surface area is 163 Å². The Balaban J connectivity index is 1.19. The second-order valence-electron chi connectivity index (χ2n) is 8.67. The van der Waals surface area contributed by atoms with Gasteiger partial charge in [-0.1, -0.05) is 36.6 Å². The zero-order valence-electron chi connectivity index (χ0n) is 16.3. The molecule has 0 aromatic heterocycles. The predicted molar refractivity (Wildman–Crippen MR) is 113 cm³/mol. The number of nitrogens with one attached hydrogen (secondary N) is 2. The maximum atomic E-state index is 4.25. The Bertz CT molecular complexity index is 554. The lowest BCUT2D eigenvalue weighted by Crippen LogP contribution is -2.59. The highest BCUT2D eigenvalue weighted by atomic mass is 32.2. The van der Waals surface area contributed by atoms with E-state index in [2.05, 4.69) is 47.3 Å². The zero-order valence-corrected chi connectivity index (χ0v) is 17.1. The Kier molecular flexibility index (Phi) is 6.25. The van der Waals surface area contributed by atoms with E-state index >= 15 is 0 Å². The van der Waals surface area contributed by atoms with Gasteiger partial charge in [0, 0.05) is 43.7 Å². The number of allylic oxidation sites excluding steroid dienone is 4. The van der Waals surface area contributed by atoms with Crippen molar-refractivity contribution in [2.45, 2.75) is 63.6 Å². The number of rotatable bonds is 8. The average Bonchev–Trinajstić information content (AvgIpc) is 3.19. The van der Waals surface area contributed by atoms with Crippen molar-refractivity contribution >= 4 is 11.8 Å². The van der Waals surface area contributed by atoms with Gasteiger partial charge in [0.2, 0.25) is 0 Å². The van der Waals surface area contributed by atoms with Crippen molar-refractivity contribution in [2.75, 3.05) is 26.2 Å². The number of nitrogens with zero attached hydrogens (tertiary/aromatic N) is 1. The van der Waals surface area contributed by atoms with Crippen LogP contribution in [-0.4, -0.2) is 49.2 Å². The summed E-state index contributed by atoms with van der Waals surface area (Å²) < 4.78 is 0. The van der Waals surface area contributed by atoms with Gasteiger partial charge in [-0.25, -0.2) is 0 Å². The number of hydrogen-bond acceptors (Lipinski definition) is 4. The molecule has 4 fully saturated rings. The number of piperidine rings is 1. The molecular formula is C22H35N3S. The molecular weight excluding hydrogens is 338 g/mol. The summed E-state index contributed by atoms with van der Waals surface area (Å²) in [6, 6.07) is 2.43. The summed E-state index contributed by atoms with van der Waals surface area (Å²) in [4.78, 5) is 5.56. The monoisotopic (exact) mass is 373 g/mol. The van der Waals surface area contributed by atoms with Gasteiger partial charge in [-0.2, -0.15) is 0 Å². The lowest BCUT2D eigenvalue weighted by molar-refractivity contribution is 0.0929. The fourth-order valence-corrected chi connectivity index (χ4v) is 6.32. The molecule has 3 nitrogen and oxygen atoms in total. The van der Waals surface area contributed by atoms with E-state index in [1.54, 1.807) is 0 Å². The maximum absolute atomic E-state index is 4.25. The molecule has 5 aliphatic rings. The molecule has 1 saturated carbocycles. The molecule has 4 aliphatic heterocycles. The minimum absolute atomic E-state index is 0.530. The second kappa shape index (κ2) is 8.64. The number of hydrogen-bond donors (Lipinski definition) is 2. The minimum Gasteiger partial charge on any atom is -0.311 e. The van der Waals surface area contributed by atoms with Gasteiger partial charge < -0.3 is 10.6 Å². The maximum Gasteiger partial charge on any atom is 0.0266 e. The van der Waals surface area contributed by atoms with Gasteiger partial charge in [0.1, 0.15) is 0 Å². The van der Waals surface area contributed by atoms with Crippen LogP contribution in [0.5, 0.6) is 0 Å². The van der Waals surface area contributed by atoms with Gasteiger partial charge in [-0.05, 0) is 67.7 Å². The highest BCUT2D eigenvalue weighted by Gasteiger charge is 2.39. The van der Waals surface area contributed by atoms with E-state index in [-0.39, 0.29) is 0 Å². The van der Waals surface area contributed by atoms with Crippen LogP contribution < -0.4 is 10.6 Å². The van der Waals surface area contributed by atoms with Gasteiger partial charge in [-0.3, -0.25) is 4.90 Å². The lowest BCUT2D eigenvalue weighted by Gasteiger charge is -2.47.